The van der Waals surface area contributed by atoms with Crippen molar-refractivity contribution >= 4 is 11.6 Å². The Labute approximate surface area is 103 Å². The monoisotopic (exact) mass is 256 g/mol. The van der Waals surface area contributed by atoms with Gasteiger partial charge in [-0.2, -0.15) is 4.39 Å². The summed E-state index contributed by atoms with van der Waals surface area (Å²) in [6.07, 6.45) is 0. The molecule has 1 rings (SSSR count). The lowest BCUT2D eigenvalue weighted by atomic mass is 10.2. The Morgan fingerprint density at radius 2 is 2.22 bits per heavy atom. The van der Waals surface area contributed by atoms with Gasteiger partial charge in [0.25, 0.3) is 5.91 Å². The van der Waals surface area contributed by atoms with E-state index in [1.54, 1.807) is 0 Å². The van der Waals surface area contributed by atoms with E-state index >= 15 is 0 Å². The molecule has 1 amide bonds. The molecule has 0 saturated heterocycles. The highest BCUT2D eigenvalue weighted by atomic mass is 19.1. The van der Waals surface area contributed by atoms with Crippen molar-refractivity contribution in [1.82, 2.24) is 5.48 Å². The van der Waals surface area contributed by atoms with E-state index in [0.717, 1.165) is 18.2 Å². The largest absolute Gasteiger partial charge is 0.304 e. The van der Waals surface area contributed by atoms with Gasteiger partial charge in [0.2, 0.25) is 5.82 Å². The quantitative estimate of drug-likeness (QED) is 0.645. The number of nitrogens with zero attached hydrogens (tertiary/aromatic N) is 1. The molecule has 1 aromatic carbocycles. The third-order valence-electron chi connectivity index (χ3n) is 1.99. The number of hydroxylamine groups is 1. The van der Waals surface area contributed by atoms with Crippen LogP contribution in [0.15, 0.2) is 18.2 Å². The van der Waals surface area contributed by atoms with Crippen LogP contribution in [-0.2, 0) is 4.84 Å². The molecule has 0 aromatic heterocycles. The predicted molar refractivity (Wildman–Crippen MR) is 61.3 cm³/mol. The molecule has 0 heterocycles. The van der Waals surface area contributed by atoms with Crippen molar-refractivity contribution in [2.45, 2.75) is 13.8 Å². The third kappa shape index (κ3) is 3.77. The van der Waals surface area contributed by atoms with E-state index in [9.17, 15) is 19.3 Å². The van der Waals surface area contributed by atoms with E-state index in [0.29, 0.717) is 6.61 Å². The Bertz CT molecular complexity index is 462. The average molecular weight is 256 g/mol. The van der Waals surface area contributed by atoms with Crippen LogP contribution in [0, 0.1) is 21.8 Å². The van der Waals surface area contributed by atoms with E-state index in [1.807, 2.05) is 13.8 Å². The van der Waals surface area contributed by atoms with E-state index in [4.69, 9.17) is 4.84 Å². The summed E-state index contributed by atoms with van der Waals surface area (Å²) in [5.41, 5.74) is 1.42. The van der Waals surface area contributed by atoms with Crippen molar-refractivity contribution in [3.8, 4) is 0 Å². The van der Waals surface area contributed by atoms with Crippen LogP contribution < -0.4 is 5.48 Å². The van der Waals surface area contributed by atoms with Gasteiger partial charge < -0.3 is 0 Å². The second kappa shape index (κ2) is 6.06. The van der Waals surface area contributed by atoms with Crippen LogP contribution >= 0.6 is 0 Å². The number of nitrogens with one attached hydrogen (secondary N) is 1. The van der Waals surface area contributed by atoms with Gasteiger partial charge >= 0.3 is 5.69 Å². The number of hydrogen-bond donors (Lipinski definition) is 1. The third-order valence-corrected chi connectivity index (χ3v) is 1.99. The zero-order valence-electron chi connectivity index (χ0n) is 9.97. The molecule has 1 aromatic rings. The Kier molecular flexibility index (Phi) is 4.73. The molecule has 0 radical (unpaired) electrons. The summed E-state index contributed by atoms with van der Waals surface area (Å²) in [5, 5.41) is 10.4. The lowest BCUT2D eigenvalue weighted by Crippen LogP contribution is -2.25. The van der Waals surface area contributed by atoms with Gasteiger partial charge in [-0.05, 0) is 18.1 Å². The van der Waals surface area contributed by atoms with Crippen LogP contribution in [0.2, 0.25) is 0 Å². The van der Waals surface area contributed by atoms with Crippen LogP contribution in [-0.4, -0.2) is 17.4 Å². The maximum atomic E-state index is 13.2. The number of nitro benzene ring substituents is 1. The number of benzene rings is 1. The Balaban J connectivity index is 2.70. The highest BCUT2D eigenvalue weighted by Crippen LogP contribution is 2.17. The molecular formula is C11H13FN2O4. The first-order valence-corrected chi connectivity index (χ1v) is 5.28. The molecule has 1 N–H and O–H groups in total. The average Bonchev–Trinajstić information content (AvgIpc) is 2.27. The lowest BCUT2D eigenvalue weighted by Gasteiger charge is -2.07. The minimum absolute atomic E-state index is 0.0399. The maximum Gasteiger partial charge on any atom is 0.304 e. The first-order chi connectivity index (χ1) is 8.41. The zero-order chi connectivity index (χ0) is 13.7. The Morgan fingerprint density at radius 1 is 1.56 bits per heavy atom. The van der Waals surface area contributed by atoms with Crippen molar-refractivity contribution in [3.05, 3.63) is 39.7 Å². The van der Waals surface area contributed by atoms with Gasteiger partial charge in [0, 0.05) is 11.6 Å². The Morgan fingerprint density at radius 3 is 2.72 bits per heavy atom. The van der Waals surface area contributed by atoms with E-state index in [1.165, 1.54) is 0 Å². The topological polar surface area (TPSA) is 81.5 Å². The van der Waals surface area contributed by atoms with E-state index < -0.39 is 22.3 Å². The van der Waals surface area contributed by atoms with Crippen molar-refractivity contribution in [2.24, 2.45) is 5.92 Å². The van der Waals surface area contributed by atoms with Gasteiger partial charge in [0.15, 0.2) is 0 Å². The second-order valence-electron chi connectivity index (χ2n) is 4.06. The highest BCUT2D eigenvalue weighted by molar-refractivity contribution is 5.93. The predicted octanol–water partition coefficient (Wildman–Crippen LogP) is 2.05. The summed E-state index contributed by atoms with van der Waals surface area (Å²) >= 11 is 0. The molecule has 0 atom stereocenters. The number of nitro groups is 1. The van der Waals surface area contributed by atoms with Crippen molar-refractivity contribution in [1.29, 1.82) is 0 Å². The number of carbonyl (C=O) groups excluding carboxylic acids is 1. The number of carbonyl (C=O) groups is 1. The summed E-state index contributed by atoms with van der Waals surface area (Å²) in [6.45, 7) is 4.12. The molecule has 0 unspecified atom stereocenters. The molecule has 0 aliphatic heterocycles. The van der Waals surface area contributed by atoms with Crippen LogP contribution in [0.4, 0.5) is 10.1 Å². The van der Waals surface area contributed by atoms with Crippen LogP contribution in [0.3, 0.4) is 0 Å². The number of halogens is 1. The van der Waals surface area contributed by atoms with Gasteiger partial charge in [0.1, 0.15) is 0 Å². The van der Waals surface area contributed by atoms with Crippen LogP contribution in [0.1, 0.15) is 24.2 Å². The Hall–Kier alpha value is -2.02. The summed E-state index contributed by atoms with van der Waals surface area (Å²) in [5.74, 6) is -1.47. The van der Waals surface area contributed by atoms with Crippen LogP contribution in [0.25, 0.3) is 0 Å². The molecule has 0 bridgehead atoms. The molecule has 0 aliphatic rings. The molecule has 98 valence electrons. The summed E-state index contributed by atoms with van der Waals surface area (Å²) in [7, 11) is 0. The molecule has 0 fully saturated rings. The van der Waals surface area contributed by atoms with Crippen molar-refractivity contribution < 1.29 is 18.9 Å². The van der Waals surface area contributed by atoms with Gasteiger partial charge in [-0.15, -0.1) is 0 Å². The fourth-order valence-corrected chi connectivity index (χ4v) is 1.13. The molecule has 7 heteroatoms. The summed E-state index contributed by atoms with van der Waals surface area (Å²) in [6, 6.07) is 2.90. The number of amides is 1. The first-order valence-electron chi connectivity index (χ1n) is 5.28. The van der Waals surface area contributed by atoms with Gasteiger partial charge in [0.05, 0.1) is 11.5 Å². The van der Waals surface area contributed by atoms with Gasteiger partial charge in [-0.3, -0.25) is 19.7 Å². The molecule has 6 nitrogen and oxygen atoms in total. The zero-order valence-corrected chi connectivity index (χ0v) is 9.97. The smallest absolute Gasteiger partial charge is 0.273 e. The standard InChI is InChI=1S/C11H13FN2O4/c1-7(2)6-18-13-11(15)8-3-4-10(14(16)17)9(12)5-8/h3-5,7H,6H2,1-2H3,(H,13,15). The fourth-order valence-electron chi connectivity index (χ4n) is 1.13. The maximum absolute atomic E-state index is 13.2. The van der Waals surface area contributed by atoms with E-state index in [-0.39, 0.29) is 11.5 Å². The van der Waals surface area contributed by atoms with Crippen molar-refractivity contribution in [2.75, 3.05) is 6.61 Å². The van der Waals surface area contributed by atoms with Gasteiger partial charge in [-0.25, -0.2) is 5.48 Å². The normalized spacial score (nSPS) is 10.4. The highest BCUT2D eigenvalue weighted by Gasteiger charge is 2.16. The SMILES string of the molecule is CC(C)CONC(=O)c1ccc([N+](=O)[O-])c(F)c1. The van der Waals surface area contributed by atoms with E-state index in [2.05, 4.69) is 5.48 Å². The summed E-state index contributed by atoms with van der Waals surface area (Å²) in [4.78, 5) is 25.9. The molecule has 18 heavy (non-hydrogen) atoms. The minimum Gasteiger partial charge on any atom is -0.273 e. The molecule has 0 saturated carbocycles. The molecule has 0 spiro atoms. The first kappa shape index (κ1) is 14.0. The molecular weight excluding hydrogens is 243 g/mol. The lowest BCUT2D eigenvalue weighted by molar-refractivity contribution is -0.387. The van der Waals surface area contributed by atoms with Crippen LogP contribution in [0.5, 0.6) is 0 Å². The molecule has 0 aliphatic carbocycles. The summed E-state index contributed by atoms with van der Waals surface area (Å²) < 4.78 is 13.2. The van der Waals surface area contributed by atoms with Gasteiger partial charge in [-0.1, -0.05) is 13.8 Å². The number of rotatable bonds is 5. The fraction of sp³-hybridized carbons (Fsp3) is 0.364. The minimum atomic E-state index is -1.06. The second-order valence-corrected chi connectivity index (χ2v) is 4.06. The number of hydrogen-bond acceptors (Lipinski definition) is 4. The van der Waals surface area contributed by atoms with Crippen molar-refractivity contribution in [3.63, 3.8) is 0 Å².